The molecule has 182 valence electrons. The van der Waals surface area contributed by atoms with Crippen LogP contribution in [0.15, 0.2) is 108 Å². The maximum atomic E-state index is 6.20. The summed E-state index contributed by atoms with van der Waals surface area (Å²) in [5.74, 6) is 0.875. The maximum Gasteiger partial charge on any atom is 0.227 e. The minimum Gasteiger partial charge on any atom is -0.438 e. The van der Waals surface area contributed by atoms with Crippen LogP contribution in [0.1, 0.15) is 24.0 Å². The van der Waals surface area contributed by atoms with E-state index in [0.29, 0.717) is 5.71 Å². The van der Waals surface area contributed by atoms with Gasteiger partial charge in [-0.05, 0) is 90.4 Å². The smallest absolute Gasteiger partial charge is 0.227 e. The van der Waals surface area contributed by atoms with Gasteiger partial charge in [0, 0.05) is 28.2 Å². The molecule has 4 nitrogen and oxygen atoms in total. The highest BCUT2D eigenvalue weighted by Crippen LogP contribution is 2.36. The molecule has 1 aliphatic rings. The van der Waals surface area contributed by atoms with Crippen LogP contribution in [0.5, 0.6) is 0 Å². The number of para-hydroxylation sites is 2. The van der Waals surface area contributed by atoms with Crippen LogP contribution in [0.4, 0.5) is 0 Å². The number of benzene rings is 4. The van der Waals surface area contributed by atoms with Gasteiger partial charge in [-0.1, -0.05) is 54.6 Å². The van der Waals surface area contributed by atoms with Crippen LogP contribution >= 0.6 is 0 Å². The third kappa shape index (κ3) is 3.37. The van der Waals surface area contributed by atoms with Gasteiger partial charge < -0.3 is 4.42 Å². The van der Waals surface area contributed by atoms with E-state index in [9.17, 15) is 0 Å². The van der Waals surface area contributed by atoms with Crippen LogP contribution < -0.4 is 0 Å². The van der Waals surface area contributed by atoms with E-state index >= 15 is 0 Å². The molecule has 0 amide bonds. The predicted octanol–water partition coefficient (Wildman–Crippen LogP) is 8.53. The largest absolute Gasteiger partial charge is 0.438 e. The van der Waals surface area contributed by atoms with E-state index in [1.54, 1.807) is 0 Å². The van der Waals surface area contributed by atoms with Crippen molar-refractivity contribution in [3.05, 3.63) is 114 Å². The molecule has 0 saturated carbocycles. The Kier molecular flexibility index (Phi) is 4.74. The normalized spacial score (nSPS) is 13.4. The highest BCUT2D eigenvalue weighted by molar-refractivity contribution is 6.05. The Morgan fingerprint density at radius 2 is 1.39 bits per heavy atom. The number of aryl methyl sites for hydroxylation is 2. The summed E-state index contributed by atoms with van der Waals surface area (Å²) >= 11 is 0. The predicted molar refractivity (Wildman–Crippen MR) is 154 cm³/mol. The Morgan fingerprint density at radius 3 is 2.24 bits per heavy atom. The van der Waals surface area contributed by atoms with Crippen molar-refractivity contribution in [2.24, 2.45) is 0 Å². The number of pyridine rings is 1. The van der Waals surface area contributed by atoms with Crippen molar-refractivity contribution in [3.63, 3.8) is 0 Å². The first-order valence-corrected chi connectivity index (χ1v) is 13.3. The molecule has 1 aliphatic carbocycles. The Bertz CT molecular complexity index is 1960. The summed E-state index contributed by atoms with van der Waals surface area (Å²) in [6.45, 7) is 0. The van der Waals surface area contributed by atoms with Gasteiger partial charge in [0.25, 0.3) is 0 Å². The number of hydrogen-bond acceptors (Lipinski definition) is 3. The zero-order chi connectivity index (χ0) is 25.1. The van der Waals surface area contributed by atoms with Crippen molar-refractivity contribution < 1.29 is 4.42 Å². The van der Waals surface area contributed by atoms with Gasteiger partial charge >= 0.3 is 0 Å². The first kappa shape index (κ1) is 21.4. The molecule has 7 aromatic rings. The van der Waals surface area contributed by atoms with Crippen molar-refractivity contribution in [3.8, 4) is 28.2 Å². The molecule has 0 N–H and O–H groups in total. The monoisotopic (exact) mass is 491 g/mol. The van der Waals surface area contributed by atoms with Crippen LogP contribution in [0, 0.1) is 0 Å². The lowest BCUT2D eigenvalue weighted by Gasteiger charge is -2.14. The second-order valence-corrected chi connectivity index (χ2v) is 10.2. The Balaban J connectivity index is 1.30. The molecule has 0 unspecified atom stereocenters. The first-order chi connectivity index (χ1) is 18.8. The molecule has 4 aromatic carbocycles. The molecular weight excluding hydrogens is 466 g/mol. The maximum absolute atomic E-state index is 6.20. The zero-order valence-corrected chi connectivity index (χ0v) is 20.9. The summed E-state index contributed by atoms with van der Waals surface area (Å²) in [4.78, 5) is 9.83. The van der Waals surface area contributed by atoms with E-state index in [0.717, 1.165) is 57.3 Å². The topological polar surface area (TPSA) is 43.9 Å². The molecule has 3 aromatic heterocycles. The first-order valence-electron chi connectivity index (χ1n) is 13.3. The van der Waals surface area contributed by atoms with Crippen molar-refractivity contribution >= 4 is 33.1 Å². The molecule has 0 radical (unpaired) electrons. The number of furan rings is 1. The van der Waals surface area contributed by atoms with Crippen molar-refractivity contribution in [1.82, 2.24) is 14.5 Å². The van der Waals surface area contributed by atoms with Gasteiger partial charge in [-0.2, -0.15) is 0 Å². The molecule has 0 bridgehead atoms. The molecule has 0 aliphatic heterocycles. The summed E-state index contributed by atoms with van der Waals surface area (Å²) in [7, 11) is 0. The third-order valence-electron chi connectivity index (χ3n) is 7.84. The van der Waals surface area contributed by atoms with Gasteiger partial charge in [0.1, 0.15) is 11.4 Å². The van der Waals surface area contributed by atoms with Crippen molar-refractivity contribution in [2.75, 3.05) is 0 Å². The summed E-state index contributed by atoms with van der Waals surface area (Å²) in [6, 6.07) is 34.2. The summed E-state index contributed by atoms with van der Waals surface area (Å²) in [5, 5.41) is 2.19. The van der Waals surface area contributed by atoms with Crippen LogP contribution in [0.2, 0.25) is 0 Å². The van der Waals surface area contributed by atoms with Gasteiger partial charge in [0.05, 0.1) is 11.0 Å². The Hall–Kier alpha value is -4.70. The summed E-state index contributed by atoms with van der Waals surface area (Å²) in [5.41, 5.74) is 10.9. The highest BCUT2D eigenvalue weighted by Gasteiger charge is 2.19. The molecular formula is C34H25N3O. The van der Waals surface area contributed by atoms with Crippen LogP contribution in [0.3, 0.4) is 0 Å². The van der Waals surface area contributed by atoms with Crippen molar-refractivity contribution in [1.29, 1.82) is 0 Å². The fraction of sp³-hybridized carbons (Fsp3) is 0.118. The Labute approximate surface area is 220 Å². The van der Waals surface area contributed by atoms with Crippen molar-refractivity contribution in [2.45, 2.75) is 25.7 Å². The molecule has 4 heteroatoms. The molecule has 0 spiro atoms. The molecule has 0 atom stereocenters. The lowest BCUT2D eigenvalue weighted by atomic mass is 9.90. The third-order valence-corrected chi connectivity index (χ3v) is 7.84. The molecule has 0 fully saturated rings. The van der Waals surface area contributed by atoms with E-state index < -0.39 is 0 Å². The van der Waals surface area contributed by atoms with E-state index in [1.165, 1.54) is 35.1 Å². The second-order valence-electron chi connectivity index (χ2n) is 10.2. The highest BCUT2D eigenvalue weighted by atomic mass is 16.3. The van der Waals surface area contributed by atoms with Crippen LogP contribution in [-0.2, 0) is 12.8 Å². The fourth-order valence-corrected chi connectivity index (χ4v) is 5.93. The summed E-state index contributed by atoms with van der Waals surface area (Å²) in [6.07, 6.45) is 6.67. The van der Waals surface area contributed by atoms with Gasteiger partial charge in [-0.3, -0.25) is 4.57 Å². The molecule has 0 saturated heterocycles. The quantitative estimate of drug-likeness (QED) is 0.249. The minimum atomic E-state index is 0.681. The van der Waals surface area contributed by atoms with Gasteiger partial charge in [0.2, 0.25) is 5.71 Å². The minimum absolute atomic E-state index is 0.681. The number of aromatic nitrogens is 3. The van der Waals surface area contributed by atoms with E-state index in [2.05, 4.69) is 89.5 Å². The Morgan fingerprint density at radius 1 is 0.658 bits per heavy atom. The number of imidazole rings is 1. The fourth-order valence-electron chi connectivity index (χ4n) is 5.93. The SMILES string of the molecule is c1ccc(-c2ccc(-n3c(-c4cnc5oc6cc7c(cc6c5c4)CCCC7)nc4ccccc43)cc2)cc1. The average molecular weight is 492 g/mol. The number of nitrogens with zero attached hydrogens (tertiary/aromatic N) is 3. The van der Waals surface area contributed by atoms with Crippen LogP contribution in [0.25, 0.3) is 61.3 Å². The van der Waals surface area contributed by atoms with E-state index in [4.69, 9.17) is 14.4 Å². The number of fused-ring (bicyclic) bond motifs is 5. The molecule has 8 rings (SSSR count). The van der Waals surface area contributed by atoms with Gasteiger partial charge in [-0.25, -0.2) is 9.97 Å². The lowest BCUT2D eigenvalue weighted by Crippen LogP contribution is -2.01. The van der Waals surface area contributed by atoms with Crippen LogP contribution in [-0.4, -0.2) is 14.5 Å². The molecule has 3 heterocycles. The van der Waals surface area contributed by atoms with E-state index in [1.807, 2.05) is 18.3 Å². The average Bonchev–Trinajstić information content (AvgIpc) is 3.54. The second kappa shape index (κ2) is 8.42. The standard InChI is InChI=1S/C34H25N3O/c1-2-8-22(9-3-1)23-14-16-27(17-15-23)37-31-13-7-6-12-30(31)36-33(37)26-19-29-28-18-24-10-4-5-11-25(24)20-32(28)38-34(29)35-21-26/h1-3,6-9,12-21H,4-5,10-11H2. The lowest BCUT2D eigenvalue weighted by molar-refractivity contribution is 0.648. The number of hydrogen-bond donors (Lipinski definition) is 0. The summed E-state index contributed by atoms with van der Waals surface area (Å²) < 4.78 is 8.43. The zero-order valence-electron chi connectivity index (χ0n) is 20.9. The molecule has 38 heavy (non-hydrogen) atoms. The van der Waals surface area contributed by atoms with E-state index in [-0.39, 0.29) is 0 Å². The van der Waals surface area contributed by atoms with Gasteiger partial charge in [-0.15, -0.1) is 0 Å². The number of rotatable bonds is 3. The van der Waals surface area contributed by atoms with Gasteiger partial charge in [0.15, 0.2) is 0 Å².